The van der Waals surface area contributed by atoms with Crippen molar-refractivity contribution in [3.05, 3.63) is 0 Å². The molecule has 0 saturated heterocycles. The predicted octanol–water partition coefficient (Wildman–Crippen LogP) is 2.72. The minimum absolute atomic E-state index is 0.160. The van der Waals surface area contributed by atoms with E-state index in [0.717, 1.165) is 24.9 Å². The van der Waals surface area contributed by atoms with Gasteiger partial charge in [-0.1, -0.05) is 13.8 Å². The molecule has 0 heterocycles. The summed E-state index contributed by atoms with van der Waals surface area (Å²) in [6.45, 7) is 7.74. The summed E-state index contributed by atoms with van der Waals surface area (Å²) < 4.78 is 6.07. The molecule has 2 rings (SSSR count). The van der Waals surface area contributed by atoms with Gasteiger partial charge in [0.1, 0.15) is 0 Å². The lowest BCUT2D eigenvalue weighted by Crippen LogP contribution is -2.48. The van der Waals surface area contributed by atoms with Crippen molar-refractivity contribution >= 4 is 0 Å². The molecule has 0 bridgehead atoms. The molecule has 2 aliphatic carbocycles. The Morgan fingerprint density at radius 3 is 2.32 bits per heavy atom. The van der Waals surface area contributed by atoms with E-state index in [1.807, 2.05) is 0 Å². The molecule has 3 nitrogen and oxygen atoms in total. The van der Waals surface area contributed by atoms with Crippen LogP contribution >= 0.6 is 0 Å². The average molecular weight is 269 g/mol. The molecule has 0 aromatic rings. The van der Waals surface area contributed by atoms with Crippen molar-refractivity contribution in [2.75, 3.05) is 13.2 Å². The summed E-state index contributed by atoms with van der Waals surface area (Å²) in [5, 5.41) is 13.1. The molecule has 112 valence electrons. The second-order valence-corrected chi connectivity index (χ2v) is 7.30. The highest BCUT2D eigenvalue weighted by Gasteiger charge is 2.32. The van der Waals surface area contributed by atoms with Gasteiger partial charge in [-0.05, 0) is 57.3 Å². The first-order valence-corrected chi connectivity index (χ1v) is 8.01. The first-order valence-electron chi connectivity index (χ1n) is 8.01. The molecule has 3 atom stereocenters. The summed E-state index contributed by atoms with van der Waals surface area (Å²) in [7, 11) is 0. The van der Waals surface area contributed by atoms with Crippen LogP contribution in [0.5, 0.6) is 0 Å². The van der Waals surface area contributed by atoms with E-state index in [0.29, 0.717) is 12.1 Å². The van der Waals surface area contributed by atoms with Crippen LogP contribution in [0.2, 0.25) is 0 Å². The van der Waals surface area contributed by atoms with Crippen LogP contribution in [0.15, 0.2) is 0 Å². The van der Waals surface area contributed by atoms with Crippen molar-refractivity contribution in [2.45, 2.75) is 77.0 Å². The van der Waals surface area contributed by atoms with Crippen molar-refractivity contribution in [3.8, 4) is 0 Å². The third kappa shape index (κ3) is 5.05. The van der Waals surface area contributed by atoms with E-state index in [2.05, 4.69) is 26.1 Å². The van der Waals surface area contributed by atoms with Crippen LogP contribution in [0.25, 0.3) is 0 Å². The fourth-order valence-electron chi connectivity index (χ4n) is 3.38. The van der Waals surface area contributed by atoms with Gasteiger partial charge in [0, 0.05) is 18.2 Å². The van der Waals surface area contributed by atoms with Crippen LogP contribution in [-0.2, 0) is 4.74 Å². The zero-order valence-corrected chi connectivity index (χ0v) is 12.8. The number of aliphatic hydroxyl groups is 1. The molecular formula is C16H31NO2. The summed E-state index contributed by atoms with van der Waals surface area (Å²) in [4.78, 5) is 0. The number of hydrogen-bond donors (Lipinski definition) is 2. The number of ether oxygens (including phenoxy) is 1. The van der Waals surface area contributed by atoms with E-state index < -0.39 is 0 Å². The fourth-order valence-corrected chi connectivity index (χ4v) is 3.38. The van der Waals surface area contributed by atoms with Crippen LogP contribution in [0.3, 0.4) is 0 Å². The number of aliphatic hydroxyl groups excluding tert-OH is 1. The standard InChI is InChI=1S/C16H31NO2/c1-12-8-13(2)10-15(9-12)19-7-6-16(3,11-18)17-14-4-5-14/h12-15,17-18H,4-11H2,1-3H3. The Kier molecular flexibility index (Phi) is 5.27. The summed E-state index contributed by atoms with van der Waals surface area (Å²) in [6.07, 6.45) is 7.60. The lowest BCUT2D eigenvalue weighted by molar-refractivity contribution is -0.0115. The molecule has 3 unspecified atom stereocenters. The van der Waals surface area contributed by atoms with Crippen LogP contribution in [0.1, 0.15) is 59.3 Å². The molecule has 0 amide bonds. The van der Waals surface area contributed by atoms with Crippen molar-refractivity contribution < 1.29 is 9.84 Å². The Balaban J connectivity index is 1.69. The minimum atomic E-state index is -0.160. The van der Waals surface area contributed by atoms with Crippen LogP contribution in [0, 0.1) is 11.8 Å². The van der Waals surface area contributed by atoms with Crippen molar-refractivity contribution in [3.63, 3.8) is 0 Å². The molecule has 2 aliphatic rings. The molecule has 0 spiro atoms. The first-order chi connectivity index (χ1) is 9.00. The average Bonchev–Trinajstić information content (AvgIpc) is 3.11. The number of rotatable bonds is 7. The van der Waals surface area contributed by atoms with Gasteiger partial charge in [0.05, 0.1) is 12.7 Å². The van der Waals surface area contributed by atoms with Gasteiger partial charge >= 0.3 is 0 Å². The van der Waals surface area contributed by atoms with Gasteiger partial charge in [-0.25, -0.2) is 0 Å². The maximum atomic E-state index is 9.56. The normalized spacial score (nSPS) is 35.1. The number of hydrogen-bond acceptors (Lipinski definition) is 3. The molecule has 3 heteroatoms. The predicted molar refractivity (Wildman–Crippen MR) is 78.2 cm³/mol. The topological polar surface area (TPSA) is 41.5 Å². The molecule has 0 aromatic heterocycles. The monoisotopic (exact) mass is 269 g/mol. The van der Waals surface area contributed by atoms with Gasteiger partial charge in [-0.2, -0.15) is 0 Å². The minimum Gasteiger partial charge on any atom is -0.394 e. The highest BCUT2D eigenvalue weighted by atomic mass is 16.5. The summed E-state index contributed by atoms with van der Waals surface area (Å²) in [5.41, 5.74) is -0.160. The Morgan fingerprint density at radius 1 is 1.16 bits per heavy atom. The second-order valence-electron chi connectivity index (χ2n) is 7.30. The van der Waals surface area contributed by atoms with E-state index in [1.165, 1.54) is 32.1 Å². The summed E-state index contributed by atoms with van der Waals surface area (Å²) >= 11 is 0. The third-order valence-electron chi connectivity index (χ3n) is 4.62. The van der Waals surface area contributed by atoms with E-state index in [4.69, 9.17) is 4.74 Å². The third-order valence-corrected chi connectivity index (χ3v) is 4.62. The van der Waals surface area contributed by atoms with Crippen molar-refractivity contribution in [1.82, 2.24) is 5.32 Å². The maximum absolute atomic E-state index is 9.56. The van der Waals surface area contributed by atoms with Gasteiger partial charge in [0.2, 0.25) is 0 Å². The van der Waals surface area contributed by atoms with E-state index >= 15 is 0 Å². The van der Waals surface area contributed by atoms with Crippen LogP contribution < -0.4 is 5.32 Å². The summed E-state index contributed by atoms with van der Waals surface area (Å²) in [5.74, 6) is 1.59. The molecule has 2 N–H and O–H groups in total. The van der Waals surface area contributed by atoms with Crippen LogP contribution in [-0.4, -0.2) is 36.0 Å². The lowest BCUT2D eigenvalue weighted by atomic mass is 9.82. The molecule has 2 saturated carbocycles. The maximum Gasteiger partial charge on any atom is 0.0611 e. The van der Waals surface area contributed by atoms with Crippen molar-refractivity contribution in [2.24, 2.45) is 11.8 Å². The van der Waals surface area contributed by atoms with Gasteiger partial charge in [0.25, 0.3) is 0 Å². The van der Waals surface area contributed by atoms with Gasteiger partial charge < -0.3 is 15.2 Å². The highest BCUT2D eigenvalue weighted by molar-refractivity contribution is 4.92. The molecule has 2 fully saturated rings. The SMILES string of the molecule is CC1CC(C)CC(OCCC(C)(CO)NC2CC2)C1. The molecule has 19 heavy (non-hydrogen) atoms. The Hall–Kier alpha value is -0.120. The van der Waals surface area contributed by atoms with Crippen LogP contribution in [0.4, 0.5) is 0 Å². The van der Waals surface area contributed by atoms with Gasteiger partial charge in [-0.15, -0.1) is 0 Å². The first kappa shape index (κ1) is 15.3. The Labute approximate surface area is 118 Å². The van der Waals surface area contributed by atoms with E-state index in [-0.39, 0.29) is 12.1 Å². The Bertz CT molecular complexity index is 270. The molecule has 0 aromatic carbocycles. The summed E-state index contributed by atoms with van der Waals surface area (Å²) in [6, 6.07) is 0.631. The van der Waals surface area contributed by atoms with E-state index in [9.17, 15) is 5.11 Å². The largest absolute Gasteiger partial charge is 0.394 e. The second kappa shape index (κ2) is 6.55. The van der Waals surface area contributed by atoms with Crippen molar-refractivity contribution in [1.29, 1.82) is 0 Å². The smallest absolute Gasteiger partial charge is 0.0611 e. The van der Waals surface area contributed by atoms with Gasteiger partial charge in [0.15, 0.2) is 0 Å². The molecule has 0 radical (unpaired) electrons. The molecule has 0 aliphatic heterocycles. The quantitative estimate of drug-likeness (QED) is 0.746. The zero-order chi connectivity index (χ0) is 13.9. The van der Waals surface area contributed by atoms with E-state index in [1.54, 1.807) is 0 Å². The fraction of sp³-hybridized carbons (Fsp3) is 1.00. The molecular weight excluding hydrogens is 238 g/mol. The lowest BCUT2D eigenvalue weighted by Gasteiger charge is -2.33. The zero-order valence-electron chi connectivity index (χ0n) is 12.8. The van der Waals surface area contributed by atoms with Gasteiger partial charge in [-0.3, -0.25) is 0 Å². The number of nitrogens with one attached hydrogen (secondary N) is 1. The Morgan fingerprint density at radius 2 is 1.79 bits per heavy atom. The highest BCUT2D eigenvalue weighted by Crippen LogP contribution is 2.31.